The highest BCUT2D eigenvalue weighted by Gasteiger charge is 2.23. The predicted octanol–water partition coefficient (Wildman–Crippen LogP) is 1.14. The molecule has 0 atom stereocenters. The maximum absolute atomic E-state index is 12.9. The molecule has 0 fully saturated rings. The first-order chi connectivity index (χ1) is 13.0. The van der Waals surface area contributed by atoms with E-state index in [4.69, 9.17) is 10.5 Å². The van der Waals surface area contributed by atoms with Crippen LogP contribution in [0, 0.1) is 0 Å². The van der Waals surface area contributed by atoms with Crippen molar-refractivity contribution in [2.45, 2.75) is 32.7 Å². The van der Waals surface area contributed by atoms with Gasteiger partial charge in [-0.1, -0.05) is 37.3 Å². The molecule has 146 valence electrons. The number of benzene rings is 1. The molecule has 0 spiro atoms. The summed E-state index contributed by atoms with van der Waals surface area (Å²) in [5, 5.41) is 0. The van der Waals surface area contributed by atoms with Crippen LogP contribution in [0.15, 0.2) is 39.9 Å². The van der Waals surface area contributed by atoms with Crippen molar-refractivity contribution in [1.82, 2.24) is 9.55 Å². The molecule has 1 aromatic carbocycles. The number of aromatic nitrogens is 2. The maximum Gasteiger partial charge on any atom is 0.330 e. The second kappa shape index (κ2) is 9.72. The Balaban J connectivity index is 2.35. The van der Waals surface area contributed by atoms with E-state index in [1.54, 1.807) is 0 Å². The number of carbonyl (C=O) groups excluding carboxylic acids is 1. The van der Waals surface area contributed by atoms with Crippen molar-refractivity contribution < 1.29 is 9.53 Å². The number of methoxy groups -OCH3 is 1. The van der Waals surface area contributed by atoms with Crippen molar-refractivity contribution in [1.29, 1.82) is 0 Å². The van der Waals surface area contributed by atoms with Crippen molar-refractivity contribution in [2.24, 2.45) is 0 Å². The topological polar surface area (TPSA) is 110 Å². The SMILES string of the molecule is CCCn1c(N)c(N(CCOC)C(=O)CCc2ccccc2)c(=O)[nH]c1=O. The number of aryl methyl sites for hydroxylation is 1. The average Bonchev–Trinajstić information content (AvgIpc) is 2.66. The monoisotopic (exact) mass is 374 g/mol. The Bertz CT molecular complexity index is 874. The smallest absolute Gasteiger partial charge is 0.330 e. The van der Waals surface area contributed by atoms with Crippen LogP contribution in [-0.4, -0.2) is 35.7 Å². The zero-order chi connectivity index (χ0) is 19.8. The van der Waals surface area contributed by atoms with E-state index in [0.717, 1.165) is 5.56 Å². The van der Waals surface area contributed by atoms with E-state index < -0.39 is 11.2 Å². The average molecular weight is 374 g/mol. The second-order valence-corrected chi connectivity index (χ2v) is 6.17. The van der Waals surface area contributed by atoms with Crippen LogP contribution in [0.25, 0.3) is 0 Å². The summed E-state index contributed by atoms with van der Waals surface area (Å²) in [6, 6.07) is 9.61. The third-order valence-electron chi connectivity index (χ3n) is 4.22. The maximum atomic E-state index is 12.9. The highest BCUT2D eigenvalue weighted by atomic mass is 16.5. The van der Waals surface area contributed by atoms with Crippen LogP contribution >= 0.6 is 0 Å². The standard InChI is InChI=1S/C19H26N4O4/c1-3-11-23-17(20)16(18(25)21-19(23)26)22(12-13-27-2)15(24)10-9-14-7-5-4-6-8-14/h4-8H,3,9-13,20H2,1-2H3,(H,21,25,26). The molecule has 0 saturated heterocycles. The summed E-state index contributed by atoms with van der Waals surface area (Å²) in [5.74, 6) is -0.260. The highest BCUT2D eigenvalue weighted by Crippen LogP contribution is 2.18. The largest absolute Gasteiger partial charge is 0.383 e. The first kappa shape index (κ1) is 20.4. The van der Waals surface area contributed by atoms with Crippen molar-refractivity contribution in [3.8, 4) is 0 Å². The lowest BCUT2D eigenvalue weighted by molar-refractivity contribution is -0.118. The fourth-order valence-corrected chi connectivity index (χ4v) is 2.86. The van der Waals surface area contributed by atoms with Gasteiger partial charge in [-0.25, -0.2) is 4.79 Å². The molecule has 3 N–H and O–H groups in total. The van der Waals surface area contributed by atoms with Gasteiger partial charge >= 0.3 is 5.69 Å². The van der Waals surface area contributed by atoms with E-state index in [9.17, 15) is 14.4 Å². The van der Waals surface area contributed by atoms with Crippen LogP contribution in [0.1, 0.15) is 25.3 Å². The Labute approximate surface area is 157 Å². The number of carbonyl (C=O) groups is 1. The van der Waals surface area contributed by atoms with Gasteiger partial charge in [0.05, 0.1) is 6.61 Å². The van der Waals surface area contributed by atoms with Crippen molar-refractivity contribution in [3.63, 3.8) is 0 Å². The van der Waals surface area contributed by atoms with Crippen molar-refractivity contribution in [2.75, 3.05) is 30.9 Å². The van der Waals surface area contributed by atoms with Gasteiger partial charge in [0.2, 0.25) is 5.91 Å². The lowest BCUT2D eigenvalue weighted by Crippen LogP contribution is -2.42. The summed E-state index contributed by atoms with van der Waals surface area (Å²) in [5.41, 5.74) is 5.87. The number of hydrogen-bond acceptors (Lipinski definition) is 5. The lowest BCUT2D eigenvalue weighted by atomic mass is 10.1. The molecule has 8 nitrogen and oxygen atoms in total. The van der Waals surface area contributed by atoms with E-state index in [1.165, 1.54) is 16.6 Å². The molecule has 1 heterocycles. The number of anilines is 2. The lowest BCUT2D eigenvalue weighted by Gasteiger charge is -2.24. The van der Waals surface area contributed by atoms with Crippen LogP contribution in [0.3, 0.4) is 0 Å². The Morgan fingerprint density at radius 1 is 1.26 bits per heavy atom. The summed E-state index contributed by atoms with van der Waals surface area (Å²) >= 11 is 0. The van der Waals surface area contributed by atoms with Gasteiger partial charge < -0.3 is 15.4 Å². The van der Waals surface area contributed by atoms with E-state index in [-0.39, 0.29) is 37.0 Å². The third kappa shape index (κ3) is 5.07. The van der Waals surface area contributed by atoms with E-state index >= 15 is 0 Å². The molecule has 1 amide bonds. The van der Waals surface area contributed by atoms with Gasteiger partial charge in [-0.05, 0) is 18.4 Å². The number of nitrogens with two attached hydrogens (primary N) is 1. The fourth-order valence-electron chi connectivity index (χ4n) is 2.86. The molecular weight excluding hydrogens is 348 g/mol. The number of nitrogens with zero attached hydrogens (tertiary/aromatic N) is 2. The number of H-pyrrole nitrogens is 1. The third-order valence-corrected chi connectivity index (χ3v) is 4.22. The molecule has 1 aromatic heterocycles. The number of hydrogen-bond donors (Lipinski definition) is 2. The van der Waals surface area contributed by atoms with Gasteiger partial charge in [0.15, 0.2) is 5.69 Å². The number of nitrogens with one attached hydrogen (secondary N) is 1. The van der Waals surface area contributed by atoms with Gasteiger partial charge in [-0.2, -0.15) is 0 Å². The van der Waals surface area contributed by atoms with Gasteiger partial charge in [0.25, 0.3) is 5.56 Å². The highest BCUT2D eigenvalue weighted by molar-refractivity contribution is 5.95. The van der Waals surface area contributed by atoms with E-state index in [1.807, 2.05) is 37.3 Å². The van der Waals surface area contributed by atoms with Crippen molar-refractivity contribution in [3.05, 3.63) is 56.7 Å². The molecular formula is C19H26N4O4. The summed E-state index contributed by atoms with van der Waals surface area (Å²) in [7, 11) is 1.51. The molecule has 2 aromatic rings. The number of rotatable bonds is 9. The van der Waals surface area contributed by atoms with Crippen LogP contribution in [0.4, 0.5) is 11.5 Å². The zero-order valence-electron chi connectivity index (χ0n) is 15.7. The first-order valence-electron chi connectivity index (χ1n) is 8.95. The molecule has 2 rings (SSSR count). The Morgan fingerprint density at radius 2 is 1.96 bits per heavy atom. The van der Waals surface area contributed by atoms with Gasteiger partial charge in [-0.15, -0.1) is 0 Å². The number of ether oxygens (including phenoxy) is 1. The molecule has 27 heavy (non-hydrogen) atoms. The molecule has 0 saturated carbocycles. The zero-order valence-corrected chi connectivity index (χ0v) is 15.7. The minimum Gasteiger partial charge on any atom is -0.383 e. The van der Waals surface area contributed by atoms with E-state index in [0.29, 0.717) is 19.4 Å². The summed E-state index contributed by atoms with van der Waals surface area (Å²) in [6.45, 7) is 2.65. The molecule has 0 aliphatic carbocycles. The van der Waals surface area contributed by atoms with Crippen LogP contribution in [0.5, 0.6) is 0 Å². The predicted molar refractivity (Wildman–Crippen MR) is 105 cm³/mol. The van der Waals surface area contributed by atoms with Crippen LogP contribution in [-0.2, 0) is 22.5 Å². The number of nitrogen functional groups attached to an aromatic ring is 1. The molecule has 0 radical (unpaired) electrons. The van der Waals surface area contributed by atoms with Gasteiger partial charge in [0.1, 0.15) is 5.82 Å². The normalized spacial score (nSPS) is 10.7. The van der Waals surface area contributed by atoms with Gasteiger partial charge in [0, 0.05) is 26.6 Å². The first-order valence-corrected chi connectivity index (χ1v) is 8.95. The van der Waals surface area contributed by atoms with Crippen LogP contribution in [0.2, 0.25) is 0 Å². The summed E-state index contributed by atoms with van der Waals surface area (Å²) in [4.78, 5) is 40.9. The summed E-state index contributed by atoms with van der Waals surface area (Å²) < 4.78 is 6.35. The Hall–Kier alpha value is -2.87. The number of amides is 1. The van der Waals surface area contributed by atoms with E-state index in [2.05, 4.69) is 4.98 Å². The Kier molecular flexibility index (Phi) is 7.36. The molecule has 8 heteroatoms. The summed E-state index contributed by atoms with van der Waals surface area (Å²) in [6.07, 6.45) is 1.41. The minimum atomic E-state index is -0.672. The second-order valence-electron chi connectivity index (χ2n) is 6.17. The molecule has 0 aliphatic rings. The number of aromatic amines is 1. The molecule has 0 bridgehead atoms. The molecule has 0 aliphatic heterocycles. The Morgan fingerprint density at radius 3 is 2.59 bits per heavy atom. The molecule has 0 unspecified atom stereocenters. The van der Waals surface area contributed by atoms with Gasteiger partial charge in [-0.3, -0.25) is 19.1 Å². The van der Waals surface area contributed by atoms with Crippen molar-refractivity contribution >= 4 is 17.4 Å². The quantitative estimate of drug-likeness (QED) is 0.684. The minimum absolute atomic E-state index is 0.00170. The van der Waals surface area contributed by atoms with Crippen LogP contribution < -0.4 is 21.9 Å². The fraction of sp³-hybridized carbons (Fsp3) is 0.421.